The van der Waals surface area contributed by atoms with E-state index in [9.17, 15) is 9.36 Å². The summed E-state index contributed by atoms with van der Waals surface area (Å²) in [6.07, 6.45) is -0.921. The molecule has 0 N–H and O–H groups in total. The molecule has 0 atom stereocenters. The van der Waals surface area contributed by atoms with Crippen molar-refractivity contribution in [2.24, 2.45) is 0 Å². The minimum Gasteiger partial charge on any atom is -0.441 e. The fraction of sp³-hybridized carbons (Fsp3) is 0.857. The summed E-state index contributed by atoms with van der Waals surface area (Å²) in [4.78, 5) is 11.4. The van der Waals surface area contributed by atoms with Crippen molar-refractivity contribution in [3.8, 4) is 0 Å². The SMILES string of the molecule is CCOC1(OCC)COC(=O)N1P(=O)(Cl)Cl. The fourth-order valence-corrected chi connectivity index (χ4v) is 3.22. The van der Waals surface area contributed by atoms with Gasteiger partial charge in [0.2, 0.25) is 0 Å². The molecule has 6 nitrogen and oxygen atoms in total. The predicted octanol–water partition coefficient (Wildman–Crippen LogP) is 2.75. The van der Waals surface area contributed by atoms with E-state index in [1.165, 1.54) is 0 Å². The molecule has 0 aromatic carbocycles. The number of amides is 1. The maximum Gasteiger partial charge on any atom is 0.421 e. The number of halogens is 2. The fourth-order valence-electron chi connectivity index (χ4n) is 1.39. The van der Waals surface area contributed by atoms with Crippen molar-refractivity contribution in [3.63, 3.8) is 0 Å². The summed E-state index contributed by atoms with van der Waals surface area (Å²) >= 11 is 11.0. The smallest absolute Gasteiger partial charge is 0.421 e. The molecular formula is C7H12Cl2NO5P. The van der Waals surface area contributed by atoms with Crippen LogP contribution in [0.1, 0.15) is 13.8 Å². The molecular weight excluding hydrogens is 280 g/mol. The number of hydrogen-bond acceptors (Lipinski definition) is 5. The zero-order valence-corrected chi connectivity index (χ0v) is 11.2. The van der Waals surface area contributed by atoms with Crippen LogP contribution >= 0.6 is 28.5 Å². The monoisotopic (exact) mass is 291 g/mol. The van der Waals surface area contributed by atoms with E-state index in [-0.39, 0.29) is 19.8 Å². The lowest BCUT2D eigenvalue weighted by molar-refractivity contribution is -0.269. The Balaban J connectivity index is 3.06. The standard InChI is InChI=1S/C7H12Cl2NO5P/c1-3-14-7(15-4-2)5-13-6(11)10(7)16(8,9)12/h3-5H2,1-2H3. The summed E-state index contributed by atoms with van der Waals surface area (Å²) in [6, 6.07) is 0. The van der Waals surface area contributed by atoms with Gasteiger partial charge in [-0.3, -0.25) is 4.57 Å². The third kappa shape index (κ3) is 2.63. The molecule has 94 valence electrons. The Morgan fingerprint density at radius 2 is 1.94 bits per heavy atom. The normalized spacial score (nSPS) is 20.0. The summed E-state index contributed by atoms with van der Waals surface area (Å²) in [5, 5.41) is 0. The number of cyclic esters (lactones) is 1. The molecule has 0 aromatic heterocycles. The van der Waals surface area contributed by atoms with Gasteiger partial charge in [0, 0.05) is 13.2 Å². The van der Waals surface area contributed by atoms with Gasteiger partial charge in [0.1, 0.15) is 0 Å². The molecule has 1 heterocycles. The van der Waals surface area contributed by atoms with E-state index in [4.69, 9.17) is 36.7 Å². The minimum atomic E-state index is -3.90. The Morgan fingerprint density at radius 3 is 2.31 bits per heavy atom. The van der Waals surface area contributed by atoms with E-state index in [1.54, 1.807) is 13.8 Å². The molecule has 1 amide bonds. The van der Waals surface area contributed by atoms with Gasteiger partial charge < -0.3 is 14.2 Å². The second-order valence-electron chi connectivity index (χ2n) is 2.88. The van der Waals surface area contributed by atoms with E-state index < -0.39 is 18.0 Å². The van der Waals surface area contributed by atoms with Crippen LogP contribution in [0, 0.1) is 0 Å². The highest BCUT2D eigenvalue weighted by Crippen LogP contribution is 2.64. The average Bonchev–Trinajstić information content (AvgIpc) is 2.43. The lowest BCUT2D eigenvalue weighted by Crippen LogP contribution is -2.48. The van der Waals surface area contributed by atoms with Gasteiger partial charge >= 0.3 is 12.1 Å². The van der Waals surface area contributed by atoms with Crippen LogP contribution < -0.4 is 0 Å². The lowest BCUT2D eigenvalue weighted by Gasteiger charge is -2.33. The van der Waals surface area contributed by atoms with E-state index >= 15 is 0 Å². The van der Waals surface area contributed by atoms with E-state index in [0.29, 0.717) is 4.67 Å². The number of nitrogens with zero attached hydrogens (tertiary/aromatic N) is 1. The largest absolute Gasteiger partial charge is 0.441 e. The van der Waals surface area contributed by atoms with Crippen LogP contribution in [0.4, 0.5) is 4.79 Å². The van der Waals surface area contributed by atoms with Crippen molar-refractivity contribution < 1.29 is 23.6 Å². The van der Waals surface area contributed by atoms with Gasteiger partial charge in [-0.05, 0) is 36.3 Å². The minimum absolute atomic E-state index is 0.223. The van der Waals surface area contributed by atoms with Crippen LogP contribution in [-0.2, 0) is 18.8 Å². The van der Waals surface area contributed by atoms with Crippen molar-refractivity contribution >= 4 is 34.6 Å². The molecule has 1 aliphatic heterocycles. The number of carbonyl (C=O) groups is 1. The molecule has 1 fully saturated rings. The average molecular weight is 292 g/mol. The van der Waals surface area contributed by atoms with Crippen molar-refractivity contribution in [1.29, 1.82) is 0 Å². The quantitative estimate of drug-likeness (QED) is 0.576. The number of carbonyl (C=O) groups excluding carboxylic acids is 1. The van der Waals surface area contributed by atoms with Crippen molar-refractivity contribution in [1.82, 2.24) is 4.67 Å². The zero-order valence-electron chi connectivity index (χ0n) is 8.81. The lowest BCUT2D eigenvalue weighted by atomic mass is 10.5. The Hall–Kier alpha value is -0.000000000000000111. The highest BCUT2D eigenvalue weighted by atomic mass is 35.9. The third-order valence-corrected chi connectivity index (χ3v) is 3.69. The van der Waals surface area contributed by atoms with E-state index in [2.05, 4.69) is 0 Å². The highest BCUT2D eigenvalue weighted by molar-refractivity contribution is 8.07. The first-order valence-corrected chi connectivity index (χ1v) is 8.09. The topological polar surface area (TPSA) is 65.1 Å². The summed E-state index contributed by atoms with van der Waals surface area (Å²) in [5.41, 5.74) is 0. The Bertz CT molecular complexity index is 314. The van der Waals surface area contributed by atoms with E-state index in [0.717, 1.165) is 0 Å². The second kappa shape index (κ2) is 5.10. The molecule has 0 unspecified atom stereocenters. The van der Waals surface area contributed by atoms with Crippen molar-refractivity contribution in [2.45, 2.75) is 19.8 Å². The maximum absolute atomic E-state index is 11.6. The Kier molecular flexibility index (Phi) is 4.49. The predicted molar refractivity (Wildman–Crippen MR) is 58.5 cm³/mol. The molecule has 0 aliphatic carbocycles. The summed E-state index contributed by atoms with van der Waals surface area (Å²) in [7, 11) is 0. The molecule has 1 rings (SSSR count). The van der Waals surface area contributed by atoms with Gasteiger partial charge in [-0.1, -0.05) is 0 Å². The first-order valence-electron chi connectivity index (χ1n) is 4.62. The molecule has 0 saturated carbocycles. The van der Waals surface area contributed by atoms with Crippen molar-refractivity contribution in [2.75, 3.05) is 19.8 Å². The molecule has 0 spiro atoms. The van der Waals surface area contributed by atoms with Gasteiger partial charge in [-0.2, -0.15) is 4.67 Å². The maximum atomic E-state index is 11.6. The van der Waals surface area contributed by atoms with E-state index in [1.807, 2.05) is 0 Å². The van der Waals surface area contributed by atoms with Crippen LogP contribution in [-0.4, -0.2) is 36.5 Å². The van der Waals surface area contributed by atoms with Gasteiger partial charge in [-0.25, -0.2) is 4.79 Å². The van der Waals surface area contributed by atoms with Gasteiger partial charge in [-0.15, -0.1) is 0 Å². The molecule has 0 bridgehead atoms. The number of rotatable bonds is 5. The molecule has 1 saturated heterocycles. The van der Waals surface area contributed by atoms with Gasteiger partial charge in [0.25, 0.3) is 5.91 Å². The van der Waals surface area contributed by atoms with Crippen LogP contribution in [0.15, 0.2) is 0 Å². The van der Waals surface area contributed by atoms with Crippen LogP contribution in [0.3, 0.4) is 0 Å². The Morgan fingerprint density at radius 1 is 1.44 bits per heavy atom. The first kappa shape index (κ1) is 14.1. The Labute approximate surface area is 103 Å². The second-order valence-corrected chi connectivity index (χ2v) is 7.42. The molecule has 1 aliphatic rings. The molecule has 16 heavy (non-hydrogen) atoms. The van der Waals surface area contributed by atoms with Crippen LogP contribution in [0.5, 0.6) is 0 Å². The molecule has 0 radical (unpaired) electrons. The van der Waals surface area contributed by atoms with Crippen LogP contribution in [0.2, 0.25) is 0 Å². The summed E-state index contributed by atoms with van der Waals surface area (Å²) < 4.78 is 27.4. The number of ether oxygens (including phenoxy) is 3. The molecule has 0 aromatic rings. The van der Waals surface area contributed by atoms with Crippen LogP contribution in [0.25, 0.3) is 0 Å². The summed E-state index contributed by atoms with van der Waals surface area (Å²) in [5.74, 6) is -5.49. The molecule has 9 heteroatoms. The van der Waals surface area contributed by atoms with Gasteiger partial charge in [0.05, 0.1) is 0 Å². The highest BCUT2D eigenvalue weighted by Gasteiger charge is 2.57. The third-order valence-electron chi connectivity index (χ3n) is 1.85. The zero-order chi connectivity index (χ0) is 12.4. The van der Waals surface area contributed by atoms with Crippen molar-refractivity contribution in [3.05, 3.63) is 0 Å². The number of hydrogen-bond donors (Lipinski definition) is 0. The first-order chi connectivity index (χ1) is 7.37. The summed E-state index contributed by atoms with van der Waals surface area (Å²) in [6.45, 7) is 3.60. The van der Waals surface area contributed by atoms with Gasteiger partial charge in [0.15, 0.2) is 6.61 Å².